The Kier molecular flexibility index (Phi) is 4.75. The number of aliphatic carboxylic acids is 1. The molecule has 144 valence electrons. The van der Waals surface area contributed by atoms with Crippen LogP contribution in [-0.2, 0) is 9.59 Å². The van der Waals surface area contributed by atoms with Crippen LogP contribution in [-0.4, -0.2) is 29.7 Å². The third-order valence-electron chi connectivity index (χ3n) is 5.83. The summed E-state index contributed by atoms with van der Waals surface area (Å²) >= 11 is 0. The number of methoxy groups -OCH3 is 1. The Balaban J connectivity index is 2.02. The number of hydrogen-bond donors (Lipinski definition) is 1. The number of rotatable bonds is 4. The minimum absolute atomic E-state index is 0.0869. The van der Waals surface area contributed by atoms with Gasteiger partial charge in [-0.2, -0.15) is 0 Å². The molecule has 1 aliphatic carbocycles. The smallest absolute Gasteiger partial charge is 0.334 e. The molecule has 5 nitrogen and oxygen atoms in total. The molecule has 2 atom stereocenters. The molecule has 2 unspecified atom stereocenters. The van der Waals surface area contributed by atoms with E-state index in [1.54, 1.807) is 7.11 Å². The van der Waals surface area contributed by atoms with E-state index in [1.807, 2.05) is 43.3 Å². The maximum absolute atomic E-state index is 12.9. The first-order valence-electron chi connectivity index (χ1n) is 9.69. The summed E-state index contributed by atoms with van der Waals surface area (Å²) < 4.78 is 5.50. The van der Waals surface area contributed by atoms with Crippen molar-refractivity contribution >= 4 is 28.2 Å². The van der Waals surface area contributed by atoms with Gasteiger partial charge in [0.15, 0.2) is 0 Å². The molecule has 2 aromatic rings. The van der Waals surface area contributed by atoms with Crippen molar-refractivity contribution < 1.29 is 19.4 Å². The highest BCUT2D eigenvalue weighted by atomic mass is 16.5. The van der Waals surface area contributed by atoms with Crippen molar-refractivity contribution in [3.8, 4) is 5.75 Å². The molecule has 0 bridgehead atoms. The fraction of sp³-hybridized carbons (Fsp3) is 0.348. The van der Waals surface area contributed by atoms with Crippen LogP contribution in [0.5, 0.6) is 5.75 Å². The highest BCUT2D eigenvalue weighted by molar-refractivity contribution is 6.12. The third-order valence-corrected chi connectivity index (χ3v) is 5.83. The van der Waals surface area contributed by atoms with Gasteiger partial charge in [-0.3, -0.25) is 9.79 Å². The van der Waals surface area contributed by atoms with E-state index in [2.05, 4.69) is 4.99 Å². The summed E-state index contributed by atoms with van der Waals surface area (Å²) in [6, 6.07) is 11.6. The first kappa shape index (κ1) is 18.4. The number of carbonyl (C=O) groups excluding carboxylic acids is 1. The van der Waals surface area contributed by atoms with Gasteiger partial charge >= 0.3 is 5.97 Å². The van der Waals surface area contributed by atoms with Crippen LogP contribution in [0.15, 0.2) is 52.7 Å². The Morgan fingerprint density at radius 1 is 1.14 bits per heavy atom. The van der Waals surface area contributed by atoms with Gasteiger partial charge in [-0.05, 0) is 36.3 Å². The predicted molar refractivity (Wildman–Crippen MR) is 108 cm³/mol. The number of carboxylic acids is 1. The highest BCUT2D eigenvalue weighted by Crippen LogP contribution is 2.46. The minimum Gasteiger partial charge on any atom is -0.496 e. The maximum Gasteiger partial charge on any atom is 0.334 e. The van der Waals surface area contributed by atoms with Gasteiger partial charge in [-0.15, -0.1) is 0 Å². The molecule has 1 saturated carbocycles. The number of allylic oxidation sites excluding steroid dienone is 1. The van der Waals surface area contributed by atoms with Crippen LogP contribution in [0.25, 0.3) is 10.8 Å². The van der Waals surface area contributed by atoms with E-state index in [1.165, 1.54) is 0 Å². The summed E-state index contributed by atoms with van der Waals surface area (Å²) in [5, 5.41) is 11.9. The molecule has 2 aliphatic rings. The second kappa shape index (κ2) is 7.23. The van der Waals surface area contributed by atoms with Crippen LogP contribution in [0.3, 0.4) is 0 Å². The molecule has 1 N–H and O–H groups in total. The van der Waals surface area contributed by atoms with Crippen LogP contribution < -0.4 is 4.74 Å². The molecule has 5 heteroatoms. The van der Waals surface area contributed by atoms with Crippen LogP contribution >= 0.6 is 0 Å². The van der Waals surface area contributed by atoms with Gasteiger partial charge in [-0.1, -0.05) is 37.3 Å². The van der Waals surface area contributed by atoms with Crippen molar-refractivity contribution in [1.82, 2.24) is 0 Å². The summed E-state index contributed by atoms with van der Waals surface area (Å²) in [6.45, 7) is 1.91. The average Bonchev–Trinajstić information content (AvgIpc) is 2.71. The van der Waals surface area contributed by atoms with Crippen LogP contribution in [0, 0.1) is 5.92 Å². The zero-order valence-electron chi connectivity index (χ0n) is 16.1. The van der Waals surface area contributed by atoms with Crippen LogP contribution in [0.2, 0.25) is 0 Å². The number of benzene rings is 2. The summed E-state index contributed by atoms with van der Waals surface area (Å²) in [5.41, 5.74) is 2.52. The van der Waals surface area contributed by atoms with E-state index in [9.17, 15) is 14.7 Å². The zero-order chi connectivity index (χ0) is 19.8. The Morgan fingerprint density at radius 3 is 2.57 bits per heavy atom. The Hall–Kier alpha value is -2.95. The minimum atomic E-state index is -0.997. The highest BCUT2D eigenvalue weighted by Gasteiger charge is 2.44. The summed E-state index contributed by atoms with van der Waals surface area (Å²) in [5.74, 6) is -1.20. The Morgan fingerprint density at radius 2 is 1.89 bits per heavy atom. The van der Waals surface area contributed by atoms with Crippen molar-refractivity contribution in [2.45, 2.75) is 38.5 Å². The number of aliphatic imine (C=N–C) groups is 1. The Bertz CT molecular complexity index is 1030. The van der Waals surface area contributed by atoms with E-state index < -0.39 is 17.8 Å². The van der Waals surface area contributed by atoms with E-state index in [-0.39, 0.29) is 11.4 Å². The van der Waals surface area contributed by atoms with Crippen LogP contribution in [0.1, 0.15) is 44.1 Å². The number of carbonyl (C=O) groups is 2. The fourth-order valence-corrected chi connectivity index (χ4v) is 4.63. The van der Waals surface area contributed by atoms with E-state index in [4.69, 9.17) is 4.74 Å². The quantitative estimate of drug-likeness (QED) is 0.851. The molecule has 0 radical (unpaired) electrons. The molecule has 1 heterocycles. The number of Topliss-reactive ketones (excluding diaryl/α,β-unsaturated/α-hetero) is 1. The molecule has 4 rings (SSSR count). The molecule has 0 amide bonds. The first-order valence-corrected chi connectivity index (χ1v) is 9.69. The maximum atomic E-state index is 12.9. The van der Waals surface area contributed by atoms with E-state index >= 15 is 0 Å². The molecule has 0 aromatic heterocycles. The molecular formula is C23H23NO4. The van der Waals surface area contributed by atoms with Crippen molar-refractivity contribution in [2.75, 3.05) is 7.11 Å². The van der Waals surface area contributed by atoms with Crippen molar-refractivity contribution in [3.05, 3.63) is 53.2 Å². The average molecular weight is 377 g/mol. The normalized spacial score (nSPS) is 22.1. The van der Waals surface area contributed by atoms with Gasteiger partial charge in [0.25, 0.3) is 0 Å². The fourth-order valence-electron chi connectivity index (χ4n) is 4.63. The number of ketones is 1. The largest absolute Gasteiger partial charge is 0.496 e. The number of nitrogens with zero attached hydrogens (tertiary/aromatic N) is 1. The van der Waals surface area contributed by atoms with E-state index in [0.717, 1.165) is 40.6 Å². The Labute approximate surface area is 163 Å². The molecule has 28 heavy (non-hydrogen) atoms. The molecule has 0 spiro atoms. The van der Waals surface area contributed by atoms with Crippen molar-refractivity contribution in [2.24, 2.45) is 10.9 Å². The van der Waals surface area contributed by atoms with Gasteiger partial charge in [0.05, 0.1) is 24.3 Å². The number of fused-ring (bicyclic) bond motifs is 2. The molecule has 2 aromatic carbocycles. The number of carboxylic acid groups (broad SMARTS) is 1. The van der Waals surface area contributed by atoms with E-state index in [0.29, 0.717) is 18.5 Å². The molecule has 1 fully saturated rings. The van der Waals surface area contributed by atoms with Gasteiger partial charge in [0, 0.05) is 23.4 Å². The molecule has 1 aliphatic heterocycles. The third kappa shape index (κ3) is 2.82. The van der Waals surface area contributed by atoms with Gasteiger partial charge in [0.2, 0.25) is 0 Å². The predicted octanol–water partition coefficient (Wildman–Crippen LogP) is 4.50. The van der Waals surface area contributed by atoms with Gasteiger partial charge < -0.3 is 9.84 Å². The number of hydrogen-bond acceptors (Lipinski definition) is 4. The van der Waals surface area contributed by atoms with Crippen molar-refractivity contribution in [3.63, 3.8) is 0 Å². The second-order valence-electron chi connectivity index (χ2n) is 7.30. The standard InChI is InChI=1S/C23H23NO4/c1-3-16-22(23(26)27)20(21-17(24-16)9-6-10-18(21)25)15-11-12-19(28-2)14-8-5-4-7-13(14)15/h4-5,7-8,11-12,20-21H,3,6,9-10H2,1-2H3,(H,26,27). The van der Waals surface area contributed by atoms with Crippen LogP contribution in [0.4, 0.5) is 0 Å². The number of ether oxygens (including phenoxy) is 1. The molecule has 0 saturated heterocycles. The van der Waals surface area contributed by atoms with Crippen molar-refractivity contribution in [1.29, 1.82) is 0 Å². The lowest BCUT2D eigenvalue weighted by molar-refractivity contribution is -0.133. The van der Waals surface area contributed by atoms with Gasteiger partial charge in [0.1, 0.15) is 11.5 Å². The lowest BCUT2D eigenvalue weighted by atomic mass is 9.68. The summed E-state index contributed by atoms with van der Waals surface area (Å²) in [6.07, 6.45) is 2.53. The first-order chi connectivity index (χ1) is 13.6. The SMILES string of the molecule is CCC1=C(C(=O)O)C(c2ccc(OC)c3ccccc23)C2C(=O)CCCC2=N1. The van der Waals surface area contributed by atoms with Gasteiger partial charge in [-0.25, -0.2) is 4.79 Å². The summed E-state index contributed by atoms with van der Waals surface area (Å²) in [4.78, 5) is 29.8. The monoisotopic (exact) mass is 377 g/mol. The molecular weight excluding hydrogens is 354 g/mol. The summed E-state index contributed by atoms with van der Waals surface area (Å²) in [7, 11) is 1.62. The second-order valence-corrected chi connectivity index (χ2v) is 7.30. The lowest BCUT2D eigenvalue weighted by Crippen LogP contribution is -2.39. The zero-order valence-corrected chi connectivity index (χ0v) is 16.1. The lowest BCUT2D eigenvalue weighted by Gasteiger charge is -2.36. The topological polar surface area (TPSA) is 76.0 Å².